The van der Waals surface area contributed by atoms with Gasteiger partial charge < -0.3 is 38.8 Å². The maximum atomic E-state index is 14.3. The van der Waals surface area contributed by atoms with Crippen LogP contribution in [0.15, 0.2) is 53.4 Å². The molecule has 3 aliphatic heterocycles. The number of rotatable bonds is 15. The number of ether oxygens (including phenoxy) is 6. The van der Waals surface area contributed by atoms with Crippen molar-refractivity contribution in [2.45, 2.75) is 62.5 Å². The van der Waals surface area contributed by atoms with Crippen molar-refractivity contribution in [2.75, 3.05) is 53.9 Å². The number of hydrogen-bond donors (Lipinski definition) is 2. The molecular formula is C33H45N3O12S. The lowest BCUT2D eigenvalue weighted by atomic mass is 9.89. The fourth-order valence-corrected chi connectivity index (χ4v) is 7.59. The molecule has 0 unspecified atom stereocenters. The number of carbonyl (C=O) groups excluding carboxylic acids is 2. The summed E-state index contributed by atoms with van der Waals surface area (Å²) in [5, 5.41) is 15.5. The van der Waals surface area contributed by atoms with Gasteiger partial charge in [0.1, 0.15) is 6.10 Å². The zero-order chi connectivity index (χ0) is 35.2. The molecule has 2 fully saturated rings. The quantitative estimate of drug-likeness (QED) is 0.260. The van der Waals surface area contributed by atoms with Crippen molar-refractivity contribution in [2.24, 2.45) is 11.3 Å². The first kappa shape index (κ1) is 36.6. The van der Waals surface area contributed by atoms with Gasteiger partial charge in [-0.3, -0.25) is 4.84 Å². The van der Waals surface area contributed by atoms with Gasteiger partial charge in [0.15, 0.2) is 17.8 Å². The lowest BCUT2D eigenvalue weighted by Crippen LogP contribution is -2.52. The molecule has 2 aromatic rings. The summed E-state index contributed by atoms with van der Waals surface area (Å²) in [5.41, 5.74) is 0.0762. The largest absolute Gasteiger partial charge is 0.454 e. The number of aliphatic hydroxyl groups is 1. The topological polar surface area (TPSA) is 172 Å². The number of fused-ring (bicyclic) bond motifs is 2. The first-order valence-electron chi connectivity index (χ1n) is 16.1. The van der Waals surface area contributed by atoms with Crippen LogP contribution in [-0.2, 0) is 40.2 Å². The van der Waals surface area contributed by atoms with E-state index in [-0.39, 0.29) is 62.5 Å². The lowest BCUT2D eigenvalue weighted by molar-refractivity contribution is -0.0915. The molecule has 15 nitrogen and oxygen atoms in total. The molecule has 2 amide bonds. The maximum Gasteiger partial charge on any atom is 0.433 e. The molecule has 5 atom stereocenters. The Labute approximate surface area is 286 Å². The molecule has 0 saturated carbocycles. The van der Waals surface area contributed by atoms with Crippen molar-refractivity contribution in [3.63, 3.8) is 0 Å². The Bertz CT molecular complexity index is 1540. The van der Waals surface area contributed by atoms with Crippen LogP contribution >= 0.6 is 0 Å². The van der Waals surface area contributed by atoms with E-state index >= 15 is 0 Å². The van der Waals surface area contributed by atoms with Crippen molar-refractivity contribution >= 4 is 22.2 Å². The minimum absolute atomic E-state index is 0.0121. The molecule has 5 rings (SSSR count). The number of hydroxylamine groups is 2. The Morgan fingerprint density at radius 1 is 1.10 bits per heavy atom. The molecular weight excluding hydrogens is 662 g/mol. The van der Waals surface area contributed by atoms with Gasteiger partial charge in [0.2, 0.25) is 16.8 Å². The molecule has 0 bridgehead atoms. The molecule has 0 aromatic heterocycles. The summed E-state index contributed by atoms with van der Waals surface area (Å²) in [6.07, 6.45) is -2.57. The van der Waals surface area contributed by atoms with E-state index in [2.05, 4.69) is 5.32 Å². The van der Waals surface area contributed by atoms with Gasteiger partial charge in [0.25, 0.3) is 0 Å². The van der Waals surface area contributed by atoms with E-state index in [0.29, 0.717) is 18.8 Å². The minimum Gasteiger partial charge on any atom is -0.454 e. The molecule has 270 valence electrons. The molecule has 16 heteroatoms. The molecule has 2 N–H and O–H groups in total. The Balaban J connectivity index is 1.36. The average molecular weight is 708 g/mol. The van der Waals surface area contributed by atoms with Crippen molar-refractivity contribution in [3.05, 3.63) is 54.1 Å². The van der Waals surface area contributed by atoms with Crippen molar-refractivity contribution in [1.82, 2.24) is 14.7 Å². The standard InChI is InChI=1S/C33H45N3O12S/c1-33(2,13-15-44-32(39)35(3)42-4)20-36(49(40,41)23-10-11-27-28(17-23)47-21-46-27)18-26(37)25(16-22-8-6-5-7-9-22)34-31(38)48-29-19-45-30-24(29)12-14-43-30/h5-11,17,24-26,29-30,37H,12-16,18-21H2,1-4H3,(H,34,38)/t24-,25-,26+,29-,30+/m0/s1. The molecule has 2 saturated heterocycles. The van der Waals surface area contributed by atoms with Gasteiger partial charge in [0, 0.05) is 26.2 Å². The van der Waals surface area contributed by atoms with Gasteiger partial charge in [0.05, 0.1) is 49.9 Å². The summed E-state index contributed by atoms with van der Waals surface area (Å²) >= 11 is 0. The van der Waals surface area contributed by atoms with Crippen molar-refractivity contribution < 1.29 is 56.4 Å². The van der Waals surface area contributed by atoms with Crippen LogP contribution in [0.5, 0.6) is 11.5 Å². The molecule has 0 aliphatic carbocycles. The number of amides is 2. The maximum absolute atomic E-state index is 14.3. The second-order valence-corrected chi connectivity index (χ2v) is 14.9. The van der Waals surface area contributed by atoms with Crippen LogP contribution in [-0.4, -0.2) is 113 Å². The second-order valence-electron chi connectivity index (χ2n) is 13.0. The van der Waals surface area contributed by atoms with Crippen LogP contribution in [0.4, 0.5) is 9.59 Å². The summed E-state index contributed by atoms with van der Waals surface area (Å²) < 4.78 is 62.6. The van der Waals surface area contributed by atoms with Gasteiger partial charge in [-0.05, 0) is 42.4 Å². The molecule has 2 aromatic carbocycles. The smallest absolute Gasteiger partial charge is 0.433 e. The van der Waals surface area contributed by atoms with Crippen molar-refractivity contribution in [1.29, 1.82) is 0 Å². The minimum atomic E-state index is -4.25. The zero-order valence-electron chi connectivity index (χ0n) is 28.1. The third kappa shape index (κ3) is 9.32. The molecule has 49 heavy (non-hydrogen) atoms. The van der Waals surface area contributed by atoms with E-state index in [1.807, 2.05) is 44.2 Å². The fourth-order valence-electron chi connectivity index (χ4n) is 5.93. The fraction of sp³-hybridized carbons (Fsp3) is 0.576. The van der Waals surface area contributed by atoms with Crippen LogP contribution in [0.3, 0.4) is 0 Å². The van der Waals surface area contributed by atoms with Gasteiger partial charge in [-0.25, -0.2) is 18.0 Å². The Morgan fingerprint density at radius 3 is 2.61 bits per heavy atom. The van der Waals surface area contributed by atoms with Crippen LogP contribution in [0.1, 0.15) is 32.3 Å². The number of benzene rings is 2. The highest BCUT2D eigenvalue weighted by Crippen LogP contribution is 2.36. The molecule has 3 aliphatic rings. The summed E-state index contributed by atoms with van der Waals surface area (Å²) in [6, 6.07) is 12.6. The van der Waals surface area contributed by atoms with Crippen LogP contribution in [0, 0.1) is 11.3 Å². The third-order valence-electron chi connectivity index (χ3n) is 8.82. The number of hydrogen-bond acceptors (Lipinski definition) is 12. The number of nitrogens with one attached hydrogen (secondary N) is 1. The predicted molar refractivity (Wildman–Crippen MR) is 173 cm³/mol. The average Bonchev–Trinajstić information content (AvgIpc) is 3.82. The highest BCUT2D eigenvalue weighted by molar-refractivity contribution is 7.89. The van der Waals surface area contributed by atoms with E-state index in [1.165, 1.54) is 36.7 Å². The van der Waals surface area contributed by atoms with Gasteiger partial charge >= 0.3 is 12.2 Å². The monoisotopic (exact) mass is 707 g/mol. The van der Waals surface area contributed by atoms with Gasteiger partial charge in [-0.2, -0.15) is 9.37 Å². The number of nitrogens with zero attached hydrogens (tertiary/aromatic N) is 2. The summed E-state index contributed by atoms with van der Waals surface area (Å²) in [5.74, 6) is 0.622. The molecule has 0 spiro atoms. The van der Waals surface area contributed by atoms with Gasteiger partial charge in [-0.15, -0.1) is 0 Å². The predicted octanol–water partition coefficient (Wildman–Crippen LogP) is 2.91. The Kier molecular flexibility index (Phi) is 11.9. The first-order chi connectivity index (χ1) is 23.4. The van der Waals surface area contributed by atoms with Gasteiger partial charge in [-0.1, -0.05) is 44.2 Å². The number of aliphatic hydroxyl groups excluding tert-OH is 1. The van der Waals surface area contributed by atoms with Crippen LogP contribution in [0.2, 0.25) is 0 Å². The number of carbonyl (C=O) groups is 2. The third-order valence-corrected chi connectivity index (χ3v) is 10.6. The highest BCUT2D eigenvalue weighted by atomic mass is 32.2. The first-order valence-corrected chi connectivity index (χ1v) is 17.6. The summed E-state index contributed by atoms with van der Waals surface area (Å²) in [7, 11) is -1.51. The van der Waals surface area contributed by atoms with E-state index in [9.17, 15) is 23.1 Å². The number of alkyl carbamates (subject to hydrolysis) is 1. The zero-order valence-corrected chi connectivity index (χ0v) is 28.9. The summed E-state index contributed by atoms with van der Waals surface area (Å²) in [6.45, 7) is 3.88. The normalized spacial score (nSPS) is 21.2. The lowest BCUT2D eigenvalue weighted by Gasteiger charge is -2.35. The molecule has 3 heterocycles. The molecule has 0 radical (unpaired) electrons. The Hall–Kier alpha value is -3.67. The van der Waals surface area contributed by atoms with E-state index in [4.69, 9.17) is 33.3 Å². The van der Waals surface area contributed by atoms with E-state index in [0.717, 1.165) is 10.6 Å². The second kappa shape index (κ2) is 15.9. The highest BCUT2D eigenvalue weighted by Gasteiger charge is 2.44. The summed E-state index contributed by atoms with van der Waals surface area (Å²) in [4.78, 5) is 30.1. The van der Waals surface area contributed by atoms with Crippen molar-refractivity contribution in [3.8, 4) is 11.5 Å². The van der Waals surface area contributed by atoms with Crippen LogP contribution in [0.25, 0.3) is 0 Å². The number of sulfonamides is 1. The van der Waals surface area contributed by atoms with Crippen LogP contribution < -0.4 is 14.8 Å². The van der Waals surface area contributed by atoms with E-state index in [1.54, 1.807) is 0 Å². The SMILES string of the molecule is CON(C)C(=O)OCCC(C)(C)CN(C[C@@H](O)[C@H](Cc1ccccc1)NC(=O)O[C@H]1CO[C@H]2OCC[C@H]21)S(=O)(=O)c1ccc2c(c1)OCO2. The Morgan fingerprint density at radius 2 is 1.86 bits per heavy atom. The van der Waals surface area contributed by atoms with E-state index < -0.39 is 52.2 Å².